The quantitative estimate of drug-likeness (QED) is 0.550. The first-order chi connectivity index (χ1) is 13.5. The van der Waals surface area contributed by atoms with Crippen LogP contribution in [0.4, 0.5) is 11.4 Å². The van der Waals surface area contributed by atoms with Gasteiger partial charge in [0, 0.05) is 41.2 Å². The van der Waals surface area contributed by atoms with E-state index in [2.05, 4.69) is 9.62 Å². The Bertz CT molecular complexity index is 897. The average molecular weight is 458 g/mol. The minimum atomic E-state index is -0.311. The Balaban J connectivity index is 1.60. The number of carbonyl (C=O) groups is 1. The third-order valence-electron chi connectivity index (χ3n) is 4.88. The van der Waals surface area contributed by atoms with Gasteiger partial charge in [-0.1, -0.05) is 34.8 Å². The molecule has 0 aliphatic carbocycles. The number of amides is 1. The highest BCUT2D eigenvalue weighted by Crippen LogP contribution is 2.36. The Morgan fingerprint density at radius 3 is 2.75 bits per heavy atom. The van der Waals surface area contributed by atoms with Crippen molar-refractivity contribution in [3.05, 3.63) is 56.5 Å². The molecule has 1 atom stereocenters. The van der Waals surface area contributed by atoms with Gasteiger partial charge >= 0.3 is 0 Å². The van der Waals surface area contributed by atoms with Crippen LogP contribution in [0.5, 0.6) is 0 Å². The number of nitrogens with one attached hydrogen (secondary N) is 1. The number of carbonyl (C=O) groups excluding carboxylic acids is 1. The number of anilines is 2. The molecule has 0 spiro atoms. The predicted octanol–water partition coefficient (Wildman–Crippen LogP) is 6.26. The molecular weight excluding hydrogens is 439 g/mol. The van der Waals surface area contributed by atoms with Crippen LogP contribution in [0.2, 0.25) is 15.1 Å². The first-order valence-corrected chi connectivity index (χ1v) is 11.2. The van der Waals surface area contributed by atoms with Crippen molar-refractivity contribution in [3.8, 4) is 0 Å². The fourth-order valence-electron chi connectivity index (χ4n) is 3.45. The fourth-order valence-corrected chi connectivity index (χ4v) is 5.09. The SMILES string of the molecule is O=C(Nc1cc(Cl)cc(C2CCOC2)c1)c1cc(N2CCCS2)cc(Cl)c1Cl. The van der Waals surface area contributed by atoms with Crippen molar-refractivity contribution in [1.82, 2.24) is 0 Å². The van der Waals surface area contributed by atoms with E-state index in [4.69, 9.17) is 39.5 Å². The van der Waals surface area contributed by atoms with Gasteiger partial charge in [-0.2, -0.15) is 0 Å². The van der Waals surface area contributed by atoms with Gasteiger partial charge in [-0.05, 0) is 60.7 Å². The first-order valence-electron chi connectivity index (χ1n) is 9.10. The highest BCUT2D eigenvalue weighted by Gasteiger charge is 2.22. The molecule has 1 N–H and O–H groups in total. The van der Waals surface area contributed by atoms with Crippen LogP contribution in [0.25, 0.3) is 0 Å². The average Bonchev–Trinajstić information content (AvgIpc) is 3.37. The summed E-state index contributed by atoms with van der Waals surface area (Å²) in [6, 6.07) is 9.19. The second-order valence-corrected chi connectivity index (χ2v) is 9.19. The Labute approximate surface area is 183 Å². The minimum Gasteiger partial charge on any atom is -0.381 e. The maximum atomic E-state index is 13.0. The van der Waals surface area contributed by atoms with E-state index in [-0.39, 0.29) is 10.9 Å². The van der Waals surface area contributed by atoms with Crippen LogP contribution in [0.1, 0.15) is 34.7 Å². The van der Waals surface area contributed by atoms with E-state index in [9.17, 15) is 4.79 Å². The van der Waals surface area contributed by atoms with Crippen LogP contribution < -0.4 is 9.62 Å². The summed E-state index contributed by atoms with van der Waals surface area (Å²) in [4.78, 5) is 13.0. The maximum Gasteiger partial charge on any atom is 0.257 e. The van der Waals surface area contributed by atoms with Crippen LogP contribution in [-0.2, 0) is 4.74 Å². The van der Waals surface area contributed by atoms with Gasteiger partial charge in [0.25, 0.3) is 5.91 Å². The predicted molar refractivity (Wildman–Crippen MR) is 118 cm³/mol. The van der Waals surface area contributed by atoms with Crippen LogP contribution >= 0.6 is 46.8 Å². The lowest BCUT2D eigenvalue weighted by Crippen LogP contribution is -2.15. The summed E-state index contributed by atoms with van der Waals surface area (Å²) in [7, 11) is 0. The van der Waals surface area contributed by atoms with Crippen molar-refractivity contribution in [2.75, 3.05) is 35.1 Å². The number of halogens is 3. The fraction of sp³-hybridized carbons (Fsp3) is 0.350. The number of rotatable bonds is 4. The van der Waals surface area contributed by atoms with Crippen molar-refractivity contribution in [2.24, 2.45) is 0 Å². The molecule has 2 fully saturated rings. The van der Waals surface area contributed by atoms with Crippen LogP contribution in [0.15, 0.2) is 30.3 Å². The van der Waals surface area contributed by atoms with Crippen molar-refractivity contribution in [3.63, 3.8) is 0 Å². The lowest BCUT2D eigenvalue weighted by molar-refractivity contribution is 0.102. The summed E-state index contributed by atoms with van der Waals surface area (Å²) in [6.45, 7) is 2.34. The van der Waals surface area contributed by atoms with Crippen LogP contribution in [-0.4, -0.2) is 31.4 Å². The van der Waals surface area contributed by atoms with Crippen LogP contribution in [0.3, 0.4) is 0 Å². The smallest absolute Gasteiger partial charge is 0.257 e. The highest BCUT2D eigenvalue weighted by molar-refractivity contribution is 8.00. The van der Waals surface area contributed by atoms with Crippen molar-refractivity contribution >= 4 is 64.0 Å². The number of nitrogens with zero attached hydrogens (tertiary/aromatic N) is 1. The minimum absolute atomic E-state index is 0.249. The zero-order valence-corrected chi connectivity index (χ0v) is 18.1. The first kappa shape index (κ1) is 20.2. The third-order valence-corrected chi connectivity index (χ3v) is 7.07. The Kier molecular flexibility index (Phi) is 6.28. The summed E-state index contributed by atoms with van der Waals surface area (Å²) in [5, 5.41) is 4.11. The Morgan fingerprint density at radius 2 is 2.04 bits per heavy atom. The second kappa shape index (κ2) is 8.72. The van der Waals surface area contributed by atoms with Gasteiger partial charge in [0.15, 0.2) is 0 Å². The number of benzene rings is 2. The van der Waals surface area contributed by atoms with Crippen molar-refractivity contribution < 1.29 is 9.53 Å². The topological polar surface area (TPSA) is 41.6 Å². The van der Waals surface area contributed by atoms with E-state index >= 15 is 0 Å². The van der Waals surface area contributed by atoms with E-state index in [1.54, 1.807) is 30.1 Å². The van der Waals surface area contributed by atoms with E-state index < -0.39 is 0 Å². The van der Waals surface area contributed by atoms with Gasteiger partial charge in [0.1, 0.15) is 0 Å². The maximum absolute atomic E-state index is 13.0. The summed E-state index contributed by atoms with van der Waals surface area (Å²) in [6.07, 6.45) is 2.05. The standard InChI is InChI=1S/C20H19Cl3N2O2S/c21-14-6-13(12-2-4-27-11-12)7-15(8-14)24-20(26)17-9-16(10-18(22)19(17)23)25-3-1-5-28-25/h6-10,12H,1-5,11H2,(H,24,26). The van der Waals surface area contributed by atoms with E-state index in [1.165, 1.54) is 0 Å². The van der Waals surface area contributed by atoms with E-state index in [1.807, 2.05) is 12.1 Å². The molecule has 4 rings (SSSR count). The zero-order valence-electron chi connectivity index (χ0n) is 15.0. The molecule has 1 amide bonds. The van der Waals surface area contributed by atoms with Gasteiger partial charge in [-0.15, -0.1) is 0 Å². The molecule has 0 bridgehead atoms. The normalized spacial score (nSPS) is 19.2. The molecule has 28 heavy (non-hydrogen) atoms. The molecule has 1 unspecified atom stereocenters. The van der Waals surface area contributed by atoms with Gasteiger partial charge in [0.2, 0.25) is 0 Å². The number of hydrogen-bond acceptors (Lipinski definition) is 4. The molecule has 2 aromatic rings. The molecule has 8 heteroatoms. The van der Waals surface area contributed by atoms with Gasteiger partial charge < -0.3 is 14.4 Å². The van der Waals surface area contributed by atoms with Crippen molar-refractivity contribution in [2.45, 2.75) is 18.8 Å². The summed E-state index contributed by atoms with van der Waals surface area (Å²) in [5.74, 6) is 1.04. The highest BCUT2D eigenvalue weighted by atomic mass is 35.5. The molecule has 2 heterocycles. The Morgan fingerprint density at radius 1 is 1.18 bits per heavy atom. The zero-order chi connectivity index (χ0) is 19.7. The van der Waals surface area contributed by atoms with Crippen molar-refractivity contribution in [1.29, 1.82) is 0 Å². The molecule has 2 aromatic carbocycles. The summed E-state index contributed by atoms with van der Waals surface area (Å²) >= 11 is 20.6. The largest absolute Gasteiger partial charge is 0.381 e. The molecule has 0 radical (unpaired) electrons. The third kappa shape index (κ3) is 4.39. The molecule has 2 saturated heterocycles. The summed E-state index contributed by atoms with van der Waals surface area (Å²) in [5.41, 5.74) is 2.93. The number of hydrogen-bond donors (Lipinski definition) is 1. The summed E-state index contributed by atoms with van der Waals surface area (Å²) < 4.78 is 7.60. The molecule has 4 nitrogen and oxygen atoms in total. The molecular formula is C20H19Cl3N2O2S. The van der Waals surface area contributed by atoms with Gasteiger partial charge in [-0.25, -0.2) is 0 Å². The molecule has 2 aliphatic rings. The lowest BCUT2D eigenvalue weighted by atomic mass is 9.98. The lowest BCUT2D eigenvalue weighted by Gasteiger charge is -2.18. The molecule has 0 saturated carbocycles. The van der Waals surface area contributed by atoms with E-state index in [0.717, 1.165) is 43.0 Å². The molecule has 2 aliphatic heterocycles. The second-order valence-electron chi connectivity index (χ2n) is 6.87. The van der Waals surface area contributed by atoms with Gasteiger partial charge in [-0.3, -0.25) is 4.79 Å². The Hall–Kier alpha value is -1.11. The molecule has 148 valence electrons. The van der Waals surface area contributed by atoms with Crippen LogP contribution in [0, 0.1) is 0 Å². The number of ether oxygens (including phenoxy) is 1. The monoisotopic (exact) mass is 456 g/mol. The molecule has 0 aromatic heterocycles. The van der Waals surface area contributed by atoms with E-state index in [0.29, 0.717) is 33.8 Å². The van der Waals surface area contributed by atoms with Gasteiger partial charge in [0.05, 0.1) is 22.2 Å².